The van der Waals surface area contributed by atoms with E-state index in [0.717, 1.165) is 13.0 Å². The highest BCUT2D eigenvalue weighted by Gasteiger charge is 2.20. The van der Waals surface area contributed by atoms with Gasteiger partial charge in [-0.25, -0.2) is 12.7 Å². The summed E-state index contributed by atoms with van der Waals surface area (Å²) in [6.07, 6.45) is 8.24. The molecule has 0 aromatic heterocycles. The van der Waals surface area contributed by atoms with E-state index < -0.39 is 10.0 Å². The van der Waals surface area contributed by atoms with Gasteiger partial charge in [0, 0.05) is 20.6 Å². The van der Waals surface area contributed by atoms with Crippen LogP contribution in [0.4, 0.5) is 5.69 Å². The maximum Gasteiger partial charge on any atom is 0.244 e. The molecule has 2 rings (SSSR count). The van der Waals surface area contributed by atoms with Crippen molar-refractivity contribution in [2.45, 2.75) is 37.0 Å². The molecule has 0 saturated heterocycles. The molecule has 0 atom stereocenters. The molecule has 116 valence electrons. The van der Waals surface area contributed by atoms with Crippen molar-refractivity contribution in [3.63, 3.8) is 0 Å². The third-order valence-corrected chi connectivity index (χ3v) is 5.67. The van der Waals surface area contributed by atoms with Crippen LogP contribution in [-0.2, 0) is 10.0 Å². The Balaban J connectivity index is 2.05. The van der Waals surface area contributed by atoms with E-state index in [1.54, 1.807) is 26.2 Å². The molecule has 0 heterocycles. The second-order valence-electron chi connectivity index (χ2n) is 5.57. The minimum Gasteiger partial charge on any atom is -0.384 e. The minimum atomic E-state index is -3.41. The SMILES string of the molecule is CN(C)S(=O)(=O)c1ccccc1NCCC1=CCCCC1. The number of allylic oxidation sites excluding steroid dienone is 1. The van der Waals surface area contributed by atoms with Gasteiger partial charge >= 0.3 is 0 Å². The zero-order valence-corrected chi connectivity index (χ0v) is 13.6. The number of sulfonamides is 1. The van der Waals surface area contributed by atoms with Crippen LogP contribution in [0.3, 0.4) is 0 Å². The number of nitrogens with one attached hydrogen (secondary N) is 1. The Morgan fingerprint density at radius 3 is 2.62 bits per heavy atom. The van der Waals surface area contributed by atoms with Crippen LogP contribution in [0.1, 0.15) is 32.1 Å². The molecule has 0 bridgehead atoms. The maximum absolute atomic E-state index is 12.3. The average Bonchev–Trinajstić information content (AvgIpc) is 2.48. The van der Waals surface area contributed by atoms with Crippen LogP contribution in [0.2, 0.25) is 0 Å². The third kappa shape index (κ3) is 4.08. The molecule has 5 heteroatoms. The first-order valence-corrected chi connectivity index (χ1v) is 8.89. The molecule has 1 aromatic carbocycles. The van der Waals surface area contributed by atoms with Gasteiger partial charge in [0.2, 0.25) is 10.0 Å². The fourth-order valence-electron chi connectivity index (χ4n) is 2.52. The van der Waals surface area contributed by atoms with Gasteiger partial charge < -0.3 is 5.32 Å². The number of benzene rings is 1. The van der Waals surface area contributed by atoms with Gasteiger partial charge in [-0.15, -0.1) is 0 Å². The first-order chi connectivity index (χ1) is 10.0. The lowest BCUT2D eigenvalue weighted by Gasteiger charge is -2.17. The molecule has 0 spiro atoms. The number of hydrogen-bond acceptors (Lipinski definition) is 3. The molecular formula is C16H24N2O2S. The smallest absolute Gasteiger partial charge is 0.244 e. The Bertz CT molecular complexity index is 606. The number of hydrogen-bond donors (Lipinski definition) is 1. The van der Waals surface area contributed by atoms with Crippen LogP contribution in [-0.4, -0.2) is 33.4 Å². The summed E-state index contributed by atoms with van der Waals surface area (Å²) in [5.74, 6) is 0. The molecule has 21 heavy (non-hydrogen) atoms. The van der Waals surface area contributed by atoms with Crippen molar-refractivity contribution in [2.24, 2.45) is 0 Å². The summed E-state index contributed by atoms with van der Waals surface area (Å²) in [6, 6.07) is 7.09. The van der Waals surface area contributed by atoms with E-state index in [0.29, 0.717) is 10.6 Å². The van der Waals surface area contributed by atoms with Crippen LogP contribution in [0.5, 0.6) is 0 Å². The molecule has 0 fully saturated rings. The fraction of sp³-hybridized carbons (Fsp3) is 0.500. The second kappa shape index (κ2) is 7.09. The van der Waals surface area contributed by atoms with E-state index in [-0.39, 0.29) is 0 Å². The monoisotopic (exact) mass is 308 g/mol. The molecule has 0 amide bonds. The van der Waals surface area contributed by atoms with Crippen molar-refractivity contribution in [3.8, 4) is 0 Å². The quantitative estimate of drug-likeness (QED) is 0.821. The van der Waals surface area contributed by atoms with E-state index in [2.05, 4.69) is 11.4 Å². The fourth-order valence-corrected chi connectivity index (χ4v) is 3.59. The Hall–Kier alpha value is -1.33. The van der Waals surface area contributed by atoms with Gasteiger partial charge in [-0.05, 0) is 44.2 Å². The van der Waals surface area contributed by atoms with E-state index >= 15 is 0 Å². The topological polar surface area (TPSA) is 49.4 Å². The van der Waals surface area contributed by atoms with E-state index in [1.165, 1.54) is 35.6 Å². The summed E-state index contributed by atoms with van der Waals surface area (Å²) < 4.78 is 25.8. The highest BCUT2D eigenvalue weighted by molar-refractivity contribution is 7.89. The molecule has 0 radical (unpaired) electrons. The molecule has 1 aliphatic carbocycles. The largest absolute Gasteiger partial charge is 0.384 e. The zero-order valence-electron chi connectivity index (χ0n) is 12.8. The summed E-state index contributed by atoms with van der Waals surface area (Å²) in [5, 5.41) is 3.27. The van der Waals surface area contributed by atoms with Gasteiger partial charge in [0.1, 0.15) is 4.90 Å². The van der Waals surface area contributed by atoms with Crippen LogP contribution in [0, 0.1) is 0 Å². The Kier molecular flexibility index (Phi) is 5.42. The Labute approximate surface area is 127 Å². The van der Waals surface area contributed by atoms with Crippen molar-refractivity contribution in [1.82, 2.24) is 4.31 Å². The second-order valence-corrected chi connectivity index (χ2v) is 7.69. The van der Waals surface area contributed by atoms with Crippen LogP contribution < -0.4 is 5.32 Å². The molecule has 1 N–H and O–H groups in total. The molecule has 0 saturated carbocycles. The van der Waals surface area contributed by atoms with Crippen molar-refractivity contribution >= 4 is 15.7 Å². The summed E-state index contributed by atoms with van der Waals surface area (Å²) in [5.41, 5.74) is 2.17. The summed E-state index contributed by atoms with van der Waals surface area (Å²) >= 11 is 0. The lowest BCUT2D eigenvalue weighted by atomic mass is 9.97. The third-order valence-electron chi connectivity index (χ3n) is 3.79. The molecular weight excluding hydrogens is 284 g/mol. The summed E-state index contributed by atoms with van der Waals surface area (Å²) in [4.78, 5) is 0.340. The number of rotatable bonds is 6. The lowest BCUT2D eigenvalue weighted by molar-refractivity contribution is 0.521. The number of nitrogens with zero attached hydrogens (tertiary/aromatic N) is 1. The molecule has 1 aromatic rings. The Morgan fingerprint density at radius 2 is 1.95 bits per heavy atom. The highest BCUT2D eigenvalue weighted by Crippen LogP contribution is 2.24. The first kappa shape index (κ1) is 16.0. The predicted octanol–water partition coefficient (Wildman–Crippen LogP) is 3.24. The van der Waals surface area contributed by atoms with Crippen LogP contribution >= 0.6 is 0 Å². The van der Waals surface area contributed by atoms with Gasteiger partial charge in [0.05, 0.1) is 5.69 Å². The van der Waals surface area contributed by atoms with Crippen molar-refractivity contribution in [1.29, 1.82) is 0 Å². The molecule has 0 aliphatic heterocycles. The molecule has 4 nitrogen and oxygen atoms in total. The van der Waals surface area contributed by atoms with Crippen LogP contribution in [0.25, 0.3) is 0 Å². The van der Waals surface area contributed by atoms with Crippen molar-refractivity contribution in [2.75, 3.05) is 26.0 Å². The average molecular weight is 308 g/mol. The van der Waals surface area contributed by atoms with Gasteiger partial charge in [0.25, 0.3) is 0 Å². The zero-order chi connectivity index (χ0) is 15.3. The van der Waals surface area contributed by atoms with Crippen molar-refractivity contribution in [3.05, 3.63) is 35.9 Å². The van der Waals surface area contributed by atoms with Gasteiger partial charge in [-0.2, -0.15) is 0 Å². The van der Waals surface area contributed by atoms with E-state index in [9.17, 15) is 8.42 Å². The van der Waals surface area contributed by atoms with E-state index in [4.69, 9.17) is 0 Å². The lowest BCUT2D eigenvalue weighted by Crippen LogP contribution is -2.23. The predicted molar refractivity (Wildman–Crippen MR) is 87.0 cm³/mol. The standard InChI is InChI=1S/C16H24N2O2S/c1-18(2)21(19,20)16-11-7-6-10-15(16)17-13-12-14-8-4-3-5-9-14/h6-8,10-11,17H,3-5,9,12-13H2,1-2H3. The first-order valence-electron chi connectivity index (χ1n) is 7.45. The van der Waals surface area contributed by atoms with E-state index in [1.807, 2.05) is 12.1 Å². The maximum atomic E-state index is 12.3. The van der Waals surface area contributed by atoms with Crippen LogP contribution in [0.15, 0.2) is 40.8 Å². The molecule has 0 unspecified atom stereocenters. The van der Waals surface area contributed by atoms with Gasteiger partial charge in [-0.1, -0.05) is 23.8 Å². The Morgan fingerprint density at radius 1 is 1.19 bits per heavy atom. The van der Waals surface area contributed by atoms with Gasteiger partial charge in [0.15, 0.2) is 0 Å². The molecule has 1 aliphatic rings. The number of para-hydroxylation sites is 1. The normalized spacial score (nSPS) is 15.9. The summed E-state index contributed by atoms with van der Waals surface area (Å²) in [7, 11) is -0.298. The summed E-state index contributed by atoms with van der Waals surface area (Å²) in [6.45, 7) is 0.770. The number of anilines is 1. The van der Waals surface area contributed by atoms with Gasteiger partial charge in [-0.3, -0.25) is 0 Å². The van der Waals surface area contributed by atoms with Crippen molar-refractivity contribution < 1.29 is 8.42 Å². The minimum absolute atomic E-state index is 0.340. The highest BCUT2D eigenvalue weighted by atomic mass is 32.2.